The Morgan fingerprint density at radius 3 is 2.84 bits per heavy atom. The molecule has 0 radical (unpaired) electrons. The van der Waals surface area contributed by atoms with E-state index in [4.69, 9.17) is 4.74 Å². The van der Waals surface area contributed by atoms with Crippen LogP contribution in [0, 0.1) is 0 Å². The van der Waals surface area contributed by atoms with E-state index in [1.54, 1.807) is 36.3 Å². The van der Waals surface area contributed by atoms with Crippen molar-refractivity contribution >= 4 is 33.3 Å². The third kappa shape index (κ3) is 3.20. The first-order valence-corrected chi connectivity index (χ1v) is 9.47. The van der Waals surface area contributed by atoms with E-state index in [1.807, 2.05) is 42.5 Å². The maximum absolute atomic E-state index is 12.3. The second-order valence-electron chi connectivity index (χ2n) is 5.36. The number of H-pyrrole nitrogens is 1. The molecule has 0 saturated carbocycles. The predicted molar refractivity (Wildman–Crippen MR) is 102 cm³/mol. The van der Waals surface area contributed by atoms with Gasteiger partial charge in [-0.05, 0) is 24.3 Å². The summed E-state index contributed by atoms with van der Waals surface area (Å²) < 4.78 is 9.00. The number of aromatic nitrogens is 3. The SMILES string of the molecule is COc1ccccc1-n1[nH]c(CSc2nc3ccccc3s2)cc1=O. The van der Waals surface area contributed by atoms with Crippen LogP contribution in [0.4, 0.5) is 0 Å². The summed E-state index contributed by atoms with van der Waals surface area (Å²) in [6.07, 6.45) is 0. The maximum atomic E-state index is 12.3. The minimum absolute atomic E-state index is 0.107. The number of thioether (sulfide) groups is 1. The van der Waals surface area contributed by atoms with Crippen LogP contribution in [0.5, 0.6) is 5.75 Å². The first-order chi connectivity index (χ1) is 12.2. The number of fused-ring (bicyclic) bond motifs is 1. The van der Waals surface area contributed by atoms with Crippen LogP contribution in [0.2, 0.25) is 0 Å². The van der Waals surface area contributed by atoms with Gasteiger partial charge in [0.2, 0.25) is 0 Å². The molecule has 0 saturated heterocycles. The summed E-state index contributed by atoms with van der Waals surface area (Å²) in [6.45, 7) is 0. The summed E-state index contributed by atoms with van der Waals surface area (Å²) in [5, 5.41) is 3.16. The average Bonchev–Trinajstić information content (AvgIpc) is 3.22. The Labute approximate surface area is 152 Å². The Bertz CT molecular complexity index is 1050. The quantitative estimate of drug-likeness (QED) is 0.539. The fraction of sp³-hybridized carbons (Fsp3) is 0.111. The van der Waals surface area contributed by atoms with Gasteiger partial charge in [0.25, 0.3) is 5.56 Å². The van der Waals surface area contributed by atoms with Crippen LogP contribution < -0.4 is 10.3 Å². The highest BCUT2D eigenvalue weighted by molar-refractivity contribution is 8.00. The van der Waals surface area contributed by atoms with Crippen molar-refractivity contribution in [3.8, 4) is 11.4 Å². The van der Waals surface area contributed by atoms with Crippen LogP contribution in [0.25, 0.3) is 15.9 Å². The molecule has 0 aliphatic rings. The van der Waals surface area contributed by atoms with Gasteiger partial charge in [-0.3, -0.25) is 9.89 Å². The summed E-state index contributed by atoms with van der Waals surface area (Å²) in [4.78, 5) is 16.9. The van der Waals surface area contributed by atoms with Crippen LogP contribution in [0.3, 0.4) is 0 Å². The average molecular weight is 369 g/mol. The number of hydrogen-bond acceptors (Lipinski definition) is 5. The molecule has 0 aliphatic carbocycles. The molecular weight excluding hydrogens is 354 g/mol. The third-order valence-corrected chi connectivity index (χ3v) is 5.95. The van der Waals surface area contributed by atoms with Crippen molar-refractivity contribution < 1.29 is 4.74 Å². The molecule has 0 spiro atoms. The molecule has 4 aromatic rings. The third-order valence-electron chi connectivity index (χ3n) is 3.72. The summed E-state index contributed by atoms with van der Waals surface area (Å²) in [5.74, 6) is 1.30. The number of methoxy groups -OCH3 is 1. The molecule has 0 aliphatic heterocycles. The number of nitrogens with zero attached hydrogens (tertiary/aromatic N) is 2. The van der Waals surface area contributed by atoms with Gasteiger partial charge in [0.15, 0.2) is 4.34 Å². The molecule has 4 rings (SSSR count). The first kappa shape index (κ1) is 16.0. The minimum atomic E-state index is -0.107. The van der Waals surface area contributed by atoms with E-state index in [2.05, 4.69) is 16.1 Å². The zero-order valence-electron chi connectivity index (χ0n) is 13.4. The molecule has 126 valence electrons. The number of thiazole rings is 1. The van der Waals surface area contributed by atoms with E-state index in [9.17, 15) is 4.79 Å². The molecule has 0 unspecified atom stereocenters. The minimum Gasteiger partial charge on any atom is -0.494 e. The number of rotatable bonds is 5. The highest BCUT2D eigenvalue weighted by Crippen LogP contribution is 2.31. The highest BCUT2D eigenvalue weighted by atomic mass is 32.2. The van der Waals surface area contributed by atoms with Crippen molar-refractivity contribution in [2.45, 2.75) is 10.1 Å². The van der Waals surface area contributed by atoms with E-state index >= 15 is 0 Å². The molecule has 0 fully saturated rings. The van der Waals surface area contributed by atoms with Crippen molar-refractivity contribution in [1.82, 2.24) is 14.8 Å². The lowest BCUT2D eigenvalue weighted by atomic mass is 10.3. The van der Waals surface area contributed by atoms with E-state index in [-0.39, 0.29) is 5.56 Å². The topological polar surface area (TPSA) is 59.9 Å². The van der Waals surface area contributed by atoms with Gasteiger partial charge in [-0.2, -0.15) is 0 Å². The summed E-state index contributed by atoms with van der Waals surface area (Å²) in [6, 6.07) is 17.1. The molecule has 2 aromatic heterocycles. The molecule has 0 atom stereocenters. The molecule has 0 bridgehead atoms. The highest BCUT2D eigenvalue weighted by Gasteiger charge is 2.11. The largest absolute Gasteiger partial charge is 0.494 e. The Morgan fingerprint density at radius 2 is 2.00 bits per heavy atom. The smallest absolute Gasteiger partial charge is 0.271 e. The lowest BCUT2D eigenvalue weighted by Crippen LogP contribution is -2.14. The van der Waals surface area contributed by atoms with E-state index < -0.39 is 0 Å². The van der Waals surface area contributed by atoms with Crippen LogP contribution in [-0.2, 0) is 5.75 Å². The van der Waals surface area contributed by atoms with Crippen molar-refractivity contribution in [3.63, 3.8) is 0 Å². The molecule has 7 heteroatoms. The van der Waals surface area contributed by atoms with Crippen molar-refractivity contribution in [3.05, 3.63) is 70.6 Å². The Morgan fingerprint density at radius 1 is 1.20 bits per heavy atom. The lowest BCUT2D eigenvalue weighted by Gasteiger charge is -2.07. The second kappa shape index (κ2) is 6.78. The predicted octanol–water partition coefficient (Wildman–Crippen LogP) is 4.08. The number of hydrogen-bond donors (Lipinski definition) is 1. The van der Waals surface area contributed by atoms with Crippen molar-refractivity contribution in [2.24, 2.45) is 0 Å². The van der Waals surface area contributed by atoms with E-state index in [0.29, 0.717) is 17.2 Å². The van der Waals surface area contributed by atoms with Crippen LogP contribution in [0.15, 0.2) is 63.7 Å². The van der Waals surface area contributed by atoms with E-state index in [0.717, 1.165) is 15.6 Å². The number of benzene rings is 2. The van der Waals surface area contributed by atoms with Gasteiger partial charge in [0.1, 0.15) is 11.4 Å². The fourth-order valence-electron chi connectivity index (χ4n) is 2.56. The first-order valence-electron chi connectivity index (χ1n) is 7.67. The van der Waals surface area contributed by atoms with Gasteiger partial charge in [0, 0.05) is 17.5 Å². The van der Waals surface area contributed by atoms with Gasteiger partial charge < -0.3 is 4.74 Å². The molecule has 2 aromatic carbocycles. The monoisotopic (exact) mass is 369 g/mol. The standard InChI is InChI=1S/C18H15N3O2S2/c1-23-15-8-4-3-7-14(15)21-17(22)10-12(20-21)11-24-18-19-13-6-2-5-9-16(13)25-18/h2-10,20H,11H2,1H3. The molecular formula is C18H15N3O2S2. The molecule has 5 nitrogen and oxygen atoms in total. The molecule has 1 N–H and O–H groups in total. The number of aromatic amines is 1. The molecule has 25 heavy (non-hydrogen) atoms. The van der Waals surface area contributed by atoms with Crippen LogP contribution in [0.1, 0.15) is 5.69 Å². The summed E-state index contributed by atoms with van der Waals surface area (Å²) >= 11 is 3.28. The molecule has 0 amide bonds. The normalized spacial score (nSPS) is 11.1. The number of para-hydroxylation sites is 3. The van der Waals surface area contributed by atoms with Gasteiger partial charge >= 0.3 is 0 Å². The maximum Gasteiger partial charge on any atom is 0.271 e. The lowest BCUT2D eigenvalue weighted by molar-refractivity contribution is 0.411. The Hall–Kier alpha value is -2.51. The number of nitrogens with one attached hydrogen (secondary N) is 1. The zero-order chi connectivity index (χ0) is 17.2. The van der Waals surface area contributed by atoms with Gasteiger partial charge in [-0.1, -0.05) is 36.0 Å². The summed E-state index contributed by atoms with van der Waals surface area (Å²) in [5.41, 5.74) is 2.45. The summed E-state index contributed by atoms with van der Waals surface area (Å²) in [7, 11) is 1.59. The van der Waals surface area contributed by atoms with Crippen LogP contribution in [-0.4, -0.2) is 21.9 Å². The van der Waals surface area contributed by atoms with Crippen molar-refractivity contribution in [1.29, 1.82) is 0 Å². The molecule has 2 heterocycles. The van der Waals surface area contributed by atoms with Gasteiger partial charge in [0.05, 0.1) is 17.3 Å². The fourth-order valence-corrected chi connectivity index (χ4v) is 4.53. The Balaban J connectivity index is 1.57. The zero-order valence-corrected chi connectivity index (χ0v) is 15.1. The van der Waals surface area contributed by atoms with Crippen LogP contribution >= 0.6 is 23.1 Å². The number of ether oxygens (including phenoxy) is 1. The van der Waals surface area contributed by atoms with Gasteiger partial charge in [-0.15, -0.1) is 11.3 Å². The van der Waals surface area contributed by atoms with E-state index in [1.165, 1.54) is 9.38 Å². The second-order valence-corrected chi connectivity index (χ2v) is 7.62. The Kier molecular flexibility index (Phi) is 4.33. The van der Waals surface area contributed by atoms with Crippen molar-refractivity contribution in [2.75, 3.05) is 7.11 Å². The van der Waals surface area contributed by atoms with Gasteiger partial charge in [-0.25, -0.2) is 9.67 Å².